The van der Waals surface area contributed by atoms with Crippen molar-refractivity contribution in [2.75, 3.05) is 17.2 Å². The fraction of sp³-hybridized carbons (Fsp3) is 0.733. The molecule has 2 atom stereocenters. The Balaban J connectivity index is 2.12. The molecule has 2 rings (SSSR count). The molecule has 1 aliphatic rings. The third-order valence-electron chi connectivity index (χ3n) is 3.84. The summed E-state index contributed by atoms with van der Waals surface area (Å²) in [5.74, 6) is 3.64. The number of hydrogen-bond acceptors (Lipinski definition) is 4. The van der Waals surface area contributed by atoms with Crippen LogP contribution in [0, 0.1) is 19.8 Å². The zero-order valence-corrected chi connectivity index (χ0v) is 12.6. The van der Waals surface area contributed by atoms with Crippen molar-refractivity contribution in [1.82, 2.24) is 9.97 Å². The van der Waals surface area contributed by atoms with Crippen molar-refractivity contribution in [1.29, 1.82) is 0 Å². The van der Waals surface area contributed by atoms with Crippen molar-refractivity contribution in [3.8, 4) is 0 Å². The van der Waals surface area contributed by atoms with E-state index >= 15 is 0 Å². The van der Waals surface area contributed by atoms with E-state index in [1.807, 2.05) is 6.92 Å². The summed E-state index contributed by atoms with van der Waals surface area (Å²) in [6.07, 6.45) is 4.93. The van der Waals surface area contributed by atoms with Crippen molar-refractivity contribution in [2.24, 2.45) is 5.92 Å². The van der Waals surface area contributed by atoms with Crippen LogP contribution >= 0.6 is 0 Å². The second kappa shape index (κ2) is 6.22. The Bertz CT molecular complexity index is 430. The number of rotatable bonds is 5. The summed E-state index contributed by atoms with van der Waals surface area (Å²) in [4.78, 5) is 9.07. The first-order chi connectivity index (χ1) is 9.10. The third-order valence-corrected chi connectivity index (χ3v) is 3.84. The van der Waals surface area contributed by atoms with Crippen LogP contribution in [0.5, 0.6) is 0 Å². The van der Waals surface area contributed by atoms with Gasteiger partial charge in [0.1, 0.15) is 17.5 Å². The van der Waals surface area contributed by atoms with Gasteiger partial charge in [0.25, 0.3) is 0 Å². The average molecular weight is 262 g/mol. The van der Waals surface area contributed by atoms with E-state index in [2.05, 4.69) is 41.4 Å². The highest BCUT2D eigenvalue weighted by Crippen LogP contribution is 2.29. The Morgan fingerprint density at radius 3 is 2.53 bits per heavy atom. The van der Waals surface area contributed by atoms with Gasteiger partial charge in [-0.05, 0) is 45.4 Å². The SMILES string of the molecule is CCCNc1nc(C)nc(NC2CCC(C)C2)c1C. The molecule has 0 radical (unpaired) electrons. The zero-order chi connectivity index (χ0) is 13.8. The quantitative estimate of drug-likeness (QED) is 0.852. The lowest BCUT2D eigenvalue weighted by Gasteiger charge is -2.18. The summed E-state index contributed by atoms with van der Waals surface area (Å²) in [7, 11) is 0. The molecule has 0 spiro atoms. The molecule has 0 bridgehead atoms. The van der Waals surface area contributed by atoms with Crippen LogP contribution in [0.25, 0.3) is 0 Å². The molecular weight excluding hydrogens is 236 g/mol. The van der Waals surface area contributed by atoms with Gasteiger partial charge in [-0.25, -0.2) is 9.97 Å². The molecule has 1 heterocycles. The predicted octanol–water partition coefficient (Wildman–Crippen LogP) is 3.52. The van der Waals surface area contributed by atoms with Crippen LogP contribution in [0.2, 0.25) is 0 Å². The lowest BCUT2D eigenvalue weighted by molar-refractivity contribution is 0.602. The highest BCUT2D eigenvalue weighted by atomic mass is 15.1. The summed E-state index contributed by atoms with van der Waals surface area (Å²) < 4.78 is 0. The van der Waals surface area contributed by atoms with Gasteiger partial charge in [0.05, 0.1) is 0 Å². The zero-order valence-electron chi connectivity index (χ0n) is 12.6. The number of nitrogens with zero attached hydrogens (tertiary/aromatic N) is 2. The Labute approximate surface area is 116 Å². The number of hydrogen-bond donors (Lipinski definition) is 2. The van der Waals surface area contributed by atoms with Crippen LogP contribution < -0.4 is 10.6 Å². The van der Waals surface area contributed by atoms with Crippen molar-refractivity contribution < 1.29 is 0 Å². The number of aromatic nitrogens is 2. The molecule has 2 N–H and O–H groups in total. The van der Waals surface area contributed by atoms with E-state index in [9.17, 15) is 0 Å². The number of anilines is 2. The van der Waals surface area contributed by atoms with E-state index in [0.29, 0.717) is 6.04 Å². The second-order valence-electron chi connectivity index (χ2n) is 5.78. The van der Waals surface area contributed by atoms with E-state index in [0.717, 1.165) is 41.9 Å². The minimum Gasteiger partial charge on any atom is -0.370 e. The molecule has 2 unspecified atom stereocenters. The van der Waals surface area contributed by atoms with Gasteiger partial charge in [-0.15, -0.1) is 0 Å². The summed E-state index contributed by atoms with van der Waals surface area (Å²) >= 11 is 0. The maximum absolute atomic E-state index is 4.57. The van der Waals surface area contributed by atoms with E-state index in [1.165, 1.54) is 19.3 Å². The van der Waals surface area contributed by atoms with Crippen LogP contribution in [0.15, 0.2) is 0 Å². The van der Waals surface area contributed by atoms with Crippen LogP contribution in [-0.2, 0) is 0 Å². The van der Waals surface area contributed by atoms with Crippen molar-refractivity contribution in [2.45, 2.75) is 59.4 Å². The minimum atomic E-state index is 0.571. The van der Waals surface area contributed by atoms with Crippen molar-refractivity contribution in [3.05, 3.63) is 11.4 Å². The number of nitrogens with one attached hydrogen (secondary N) is 2. The Kier molecular flexibility index (Phi) is 4.61. The maximum atomic E-state index is 4.57. The van der Waals surface area contributed by atoms with Crippen LogP contribution in [0.3, 0.4) is 0 Å². The van der Waals surface area contributed by atoms with Gasteiger partial charge < -0.3 is 10.6 Å². The van der Waals surface area contributed by atoms with Crippen LogP contribution in [0.1, 0.15) is 50.9 Å². The van der Waals surface area contributed by atoms with Gasteiger partial charge in [-0.1, -0.05) is 13.8 Å². The first kappa shape index (κ1) is 14.1. The molecule has 1 aliphatic carbocycles. The molecule has 1 fully saturated rings. The molecular formula is C15H26N4. The summed E-state index contributed by atoms with van der Waals surface area (Å²) in [5.41, 5.74) is 1.14. The highest BCUT2D eigenvalue weighted by Gasteiger charge is 2.22. The molecule has 4 nitrogen and oxygen atoms in total. The Morgan fingerprint density at radius 1 is 1.16 bits per heavy atom. The molecule has 1 saturated carbocycles. The van der Waals surface area contributed by atoms with Gasteiger partial charge >= 0.3 is 0 Å². The molecule has 0 saturated heterocycles. The number of aryl methyl sites for hydroxylation is 1. The fourth-order valence-corrected chi connectivity index (χ4v) is 2.72. The lowest BCUT2D eigenvalue weighted by atomic mass is 10.1. The topological polar surface area (TPSA) is 49.8 Å². The van der Waals surface area contributed by atoms with E-state index in [1.54, 1.807) is 0 Å². The Morgan fingerprint density at radius 2 is 1.89 bits per heavy atom. The Hall–Kier alpha value is -1.32. The smallest absolute Gasteiger partial charge is 0.134 e. The third kappa shape index (κ3) is 3.58. The average Bonchev–Trinajstić information content (AvgIpc) is 2.77. The van der Waals surface area contributed by atoms with E-state index in [-0.39, 0.29) is 0 Å². The van der Waals surface area contributed by atoms with Gasteiger partial charge in [-0.2, -0.15) is 0 Å². The molecule has 1 aromatic heterocycles. The lowest BCUT2D eigenvalue weighted by Crippen LogP contribution is -2.19. The normalized spacial score (nSPS) is 22.5. The first-order valence-electron chi connectivity index (χ1n) is 7.45. The molecule has 106 valence electrons. The van der Waals surface area contributed by atoms with Gasteiger partial charge in [0.2, 0.25) is 0 Å². The summed E-state index contributed by atoms with van der Waals surface area (Å²) in [6, 6.07) is 0.571. The molecule has 0 aliphatic heterocycles. The van der Waals surface area contributed by atoms with Gasteiger partial charge in [-0.3, -0.25) is 0 Å². The molecule has 0 amide bonds. The molecule has 0 aromatic carbocycles. The van der Waals surface area contributed by atoms with Gasteiger partial charge in [0.15, 0.2) is 0 Å². The van der Waals surface area contributed by atoms with Crippen molar-refractivity contribution in [3.63, 3.8) is 0 Å². The second-order valence-corrected chi connectivity index (χ2v) is 5.78. The van der Waals surface area contributed by atoms with Gasteiger partial charge in [0, 0.05) is 18.2 Å². The largest absolute Gasteiger partial charge is 0.370 e. The van der Waals surface area contributed by atoms with E-state index in [4.69, 9.17) is 0 Å². The summed E-state index contributed by atoms with van der Waals surface area (Å²) in [6.45, 7) is 9.50. The fourth-order valence-electron chi connectivity index (χ4n) is 2.72. The minimum absolute atomic E-state index is 0.571. The highest BCUT2D eigenvalue weighted by molar-refractivity contribution is 5.57. The van der Waals surface area contributed by atoms with Crippen molar-refractivity contribution >= 4 is 11.6 Å². The van der Waals surface area contributed by atoms with E-state index < -0.39 is 0 Å². The molecule has 4 heteroatoms. The first-order valence-corrected chi connectivity index (χ1v) is 7.45. The monoisotopic (exact) mass is 262 g/mol. The molecule has 19 heavy (non-hydrogen) atoms. The predicted molar refractivity (Wildman–Crippen MR) is 80.7 cm³/mol. The van der Waals surface area contributed by atoms with Crippen LogP contribution in [-0.4, -0.2) is 22.6 Å². The summed E-state index contributed by atoms with van der Waals surface area (Å²) in [5, 5.41) is 6.99. The van der Waals surface area contributed by atoms with Crippen LogP contribution in [0.4, 0.5) is 11.6 Å². The standard InChI is InChI=1S/C15H26N4/c1-5-8-16-14-11(3)15(18-12(4)17-14)19-13-7-6-10(2)9-13/h10,13H,5-9H2,1-4H3,(H2,16,17,18,19). The maximum Gasteiger partial charge on any atom is 0.134 e. The molecule has 1 aromatic rings.